The molecule has 0 aromatic carbocycles. The molecule has 0 bridgehead atoms. The lowest BCUT2D eigenvalue weighted by molar-refractivity contribution is 0.299. The number of aromatic nitrogens is 1. The molecule has 0 unspecified atom stereocenters. The maximum absolute atomic E-state index is 5.86. The Hall–Kier alpha value is -1.29. The van der Waals surface area contributed by atoms with Crippen LogP contribution in [0.2, 0.25) is 0 Å². The molecule has 1 aromatic rings. The third kappa shape index (κ3) is 2.21. The number of ether oxygens (including phenoxy) is 1. The minimum absolute atomic E-state index is 0.373. The lowest BCUT2D eigenvalue weighted by atomic mass is 10.2. The van der Waals surface area contributed by atoms with Crippen LogP contribution < -0.4 is 15.4 Å². The largest absolute Gasteiger partial charge is 0.486 e. The molecule has 0 spiro atoms. The van der Waals surface area contributed by atoms with Gasteiger partial charge in [0.1, 0.15) is 0 Å². The fourth-order valence-electron chi connectivity index (χ4n) is 1.44. The molecule has 1 heterocycles. The van der Waals surface area contributed by atoms with Crippen molar-refractivity contribution in [3.63, 3.8) is 0 Å². The van der Waals surface area contributed by atoms with Crippen molar-refractivity contribution in [3.8, 4) is 5.75 Å². The second-order valence-electron chi connectivity index (χ2n) is 4.04. The average Bonchev–Trinajstić information content (AvgIpc) is 3.01. The maximum Gasteiger partial charge on any atom is 0.171 e. The van der Waals surface area contributed by atoms with E-state index in [0.717, 1.165) is 30.0 Å². The van der Waals surface area contributed by atoms with E-state index in [1.54, 1.807) is 6.20 Å². The van der Waals surface area contributed by atoms with Crippen LogP contribution in [-0.4, -0.2) is 25.2 Å². The molecule has 15 heavy (non-hydrogen) atoms. The van der Waals surface area contributed by atoms with Crippen LogP contribution in [0.3, 0.4) is 0 Å². The van der Waals surface area contributed by atoms with E-state index in [9.17, 15) is 0 Å². The molecule has 1 aliphatic rings. The molecular formula is C11H17N3O. The van der Waals surface area contributed by atoms with Crippen molar-refractivity contribution in [1.29, 1.82) is 0 Å². The van der Waals surface area contributed by atoms with Gasteiger partial charge < -0.3 is 15.4 Å². The summed E-state index contributed by atoms with van der Waals surface area (Å²) < 4.78 is 5.86. The summed E-state index contributed by atoms with van der Waals surface area (Å²) in [6.07, 6.45) is 4.44. The number of rotatable bonds is 4. The van der Waals surface area contributed by atoms with Gasteiger partial charge in [-0.2, -0.15) is 0 Å². The Morgan fingerprint density at radius 1 is 1.53 bits per heavy atom. The molecule has 0 aliphatic heterocycles. The summed E-state index contributed by atoms with van der Waals surface area (Å²) in [4.78, 5) is 6.27. The van der Waals surface area contributed by atoms with Gasteiger partial charge >= 0.3 is 0 Å². The van der Waals surface area contributed by atoms with Crippen LogP contribution in [0, 0.1) is 0 Å². The van der Waals surface area contributed by atoms with Crippen LogP contribution in [0.4, 0.5) is 5.82 Å². The highest BCUT2D eigenvalue weighted by Gasteiger charge is 2.26. The molecule has 4 heteroatoms. The highest BCUT2D eigenvalue weighted by atomic mass is 16.5. The lowest BCUT2D eigenvalue weighted by Gasteiger charge is -2.18. The van der Waals surface area contributed by atoms with Gasteiger partial charge in [0.05, 0.1) is 6.10 Å². The molecular weight excluding hydrogens is 190 g/mol. The second kappa shape index (κ2) is 4.06. The summed E-state index contributed by atoms with van der Waals surface area (Å²) in [7, 11) is 3.92. The first kappa shape index (κ1) is 10.2. The van der Waals surface area contributed by atoms with E-state index in [0.29, 0.717) is 12.6 Å². The molecule has 0 amide bonds. The first-order valence-electron chi connectivity index (χ1n) is 5.24. The van der Waals surface area contributed by atoms with Gasteiger partial charge in [0.25, 0.3) is 0 Å². The summed E-state index contributed by atoms with van der Waals surface area (Å²) in [5, 5.41) is 0. The molecule has 2 N–H and O–H groups in total. The van der Waals surface area contributed by atoms with Gasteiger partial charge in [-0.1, -0.05) is 0 Å². The predicted octanol–water partition coefficient (Wildman–Crippen LogP) is 1.15. The summed E-state index contributed by atoms with van der Waals surface area (Å²) in [6, 6.07) is 1.92. The first-order chi connectivity index (χ1) is 7.22. The van der Waals surface area contributed by atoms with E-state index in [1.165, 1.54) is 0 Å². The summed E-state index contributed by atoms with van der Waals surface area (Å²) >= 11 is 0. The van der Waals surface area contributed by atoms with Crippen molar-refractivity contribution in [2.45, 2.75) is 25.5 Å². The number of nitrogens with two attached hydrogens (primary N) is 1. The van der Waals surface area contributed by atoms with E-state index >= 15 is 0 Å². The van der Waals surface area contributed by atoms with E-state index in [-0.39, 0.29) is 0 Å². The highest BCUT2D eigenvalue weighted by molar-refractivity contribution is 5.55. The maximum atomic E-state index is 5.86. The van der Waals surface area contributed by atoms with Gasteiger partial charge in [-0.05, 0) is 18.9 Å². The molecule has 0 atom stereocenters. The standard InChI is InChI=1S/C11H17N3O/c1-14(2)11-10(15-9-3-4-9)8(7-12)5-6-13-11/h5-6,9H,3-4,7,12H2,1-2H3. The Balaban J connectivity index is 2.34. The predicted molar refractivity (Wildman–Crippen MR) is 60.1 cm³/mol. The highest BCUT2D eigenvalue weighted by Crippen LogP contribution is 2.34. The number of nitrogens with zero attached hydrogens (tertiary/aromatic N) is 2. The fraction of sp³-hybridized carbons (Fsp3) is 0.545. The Bertz CT molecular complexity index is 348. The quantitative estimate of drug-likeness (QED) is 0.804. The zero-order chi connectivity index (χ0) is 10.8. The van der Waals surface area contributed by atoms with E-state index in [2.05, 4.69) is 4.98 Å². The van der Waals surface area contributed by atoms with Crippen molar-refractivity contribution < 1.29 is 4.74 Å². The zero-order valence-electron chi connectivity index (χ0n) is 9.23. The van der Waals surface area contributed by atoms with Crippen LogP contribution in [-0.2, 0) is 6.54 Å². The monoisotopic (exact) mass is 207 g/mol. The number of anilines is 1. The number of hydrogen-bond donors (Lipinski definition) is 1. The molecule has 0 radical (unpaired) electrons. The van der Waals surface area contributed by atoms with Gasteiger partial charge in [0.2, 0.25) is 0 Å². The molecule has 1 aromatic heterocycles. The number of hydrogen-bond acceptors (Lipinski definition) is 4. The van der Waals surface area contributed by atoms with Crippen molar-refractivity contribution in [1.82, 2.24) is 4.98 Å². The lowest BCUT2D eigenvalue weighted by Crippen LogP contribution is -2.15. The van der Waals surface area contributed by atoms with Crippen LogP contribution in [0.15, 0.2) is 12.3 Å². The summed E-state index contributed by atoms with van der Waals surface area (Å²) in [6.45, 7) is 0.491. The molecule has 1 aliphatic carbocycles. The Morgan fingerprint density at radius 2 is 2.27 bits per heavy atom. The van der Waals surface area contributed by atoms with E-state index in [4.69, 9.17) is 10.5 Å². The first-order valence-corrected chi connectivity index (χ1v) is 5.24. The van der Waals surface area contributed by atoms with Gasteiger partial charge in [-0.15, -0.1) is 0 Å². The summed E-state index contributed by atoms with van der Waals surface area (Å²) in [5.41, 5.74) is 6.72. The summed E-state index contributed by atoms with van der Waals surface area (Å²) in [5.74, 6) is 1.72. The van der Waals surface area contributed by atoms with Gasteiger partial charge in [0, 0.05) is 32.4 Å². The van der Waals surface area contributed by atoms with E-state index in [1.807, 2.05) is 25.1 Å². The fourth-order valence-corrected chi connectivity index (χ4v) is 1.44. The van der Waals surface area contributed by atoms with Crippen LogP contribution in [0.5, 0.6) is 5.75 Å². The van der Waals surface area contributed by atoms with Gasteiger partial charge in [-0.25, -0.2) is 4.98 Å². The molecule has 82 valence electrons. The Kier molecular flexibility index (Phi) is 2.77. The van der Waals surface area contributed by atoms with Crippen molar-refractivity contribution in [3.05, 3.63) is 17.8 Å². The minimum Gasteiger partial charge on any atom is -0.486 e. The average molecular weight is 207 g/mol. The van der Waals surface area contributed by atoms with Crippen LogP contribution in [0.25, 0.3) is 0 Å². The second-order valence-corrected chi connectivity index (χ2v) is 4.04. The third-order valence-electron chi connectivity index (χ3n) is 2.42. The smallest absolute Gasteiger partial charge is 0.171 e. The van der Waals surface area contributed by atoms with Crippen molar-refractivity contribution in [2.24, 2.45) is 5.73 Å². The Morgan fingerprint density at radius 3 is 2.80 bits per heavy atom. The molecule has 0 saturated heterocycles. The zero-order valence-corrected chi connectivity index (χ0v) is 9.23. The van der Waals surface area contributed by atoms with Crippen LogP contribution >= 0.6 is 0 Å². The van der Waals surface area contributed by atoms with Crippen molar-refractivity contribution >= 4 is 5.82 Å². The van der Waals surface area contributed by atoms with Crippen LogP contribution in [0.1, 0.15) is 18.4 Å². The number of pyridine rings is 1. The molecule has 1 fully saturated rings. The van der Waals surface area contributed by atoms with E-state index < -0.39 is 0 Å². The minimum atomic E-state index is 0.373. The topological polar surface area (TPSA) is 51.4 Å². The molecule has 2 rings (SSSR count). The van der Waals surface area contributed by atoms with Gasteiger partial charge in [0.15, 0.2) is 11.6 Å². The third-order valence-corrected chi connectivity index (χ3v) is 2.42. The normalized spacial score (nSPS) is 15.1. The SMILES string of the molecule is CN(C)c1nccc(CN)c1OC1CC1. The van der Waals surface area contributed by atoms with Gasteiger partial charge in [-0.3, -0.25) is 0 Å². The molecule has 4 nitrogen and oxygen atoms in total. The Labute approximate surface area is 90.0 Å². The molecule has 1 saturated carbocycles. The van der Waals surface area contributed by atoms with Crippen molar-refractivity contribution in [2.75, 3.05) is 19.0 Å².